The molecule has 2 rings (SSSR count). The Bertz CT molecular complexity index is 572. The monoisotopic (exact) mass is 299 g/mol. The summed E-state index contributed by atoms with van der Waals surface area (Å²) >= 11 is 0. The molecule has 0 aromatic heterocycles. The predicted molar refractivity (Wildman–Crippen MR) is 77.6 cm³/mol. The maximum absolute atomic E-state index is 12.0. The number of rotatable bonds is 5. The highest BCUT2D eigenvalue weighted by atomic mass is 32.2. The van der Waals surface area contributed by atoms with Crippen LogP contribution in [-0.4, -0.2) is 44.1 Å². The van der Waals surface area contributed by atoms with Crippen LogP contribution >= 0.6 is 0 Å². The van der Waals surface area contributed by atoms with Crippen LogP contribution in [0.3, 0.4) is 0 Å². The van der Waals surface area contributed by atoms with Crippen LogP contribution < -0.4 is 5.32 Å². The molecule has 1 saturated heterocycles. The fourth-order valence-corrected chi connectivity index (χ4v) is 3.36. The summed E-state index contributed by atoms with van der Waals surface area (Å²) in [6.45, 7) is 4.23. The average molecular weight is 299 g/mol. The highest BCUT2D eigenvalue weighted by molar-refractivity contribution is 7.91. The number of hydrogen-bond acceptors (Lipinski definition) is 5. The van der Waals surface area contributed by atoms with Crippen LogP contribution in [0.25, 0.3) is 0 Å². The van der Waals surface area contributed by atoms with Gasteiger partial charge in [-0.25, -0.2) is 8.42 Å². The number of anilines is 1. The highest BCUT2D eigenvalue weighted by Crippen LogP contribution is 2.28. The summed E-state index contributed by atoms with van der Waals surface area (Å²) in [4.78, 5) is 0.276. The van der Waals surface area contributed by atoms with E-state index in [4.69, 9.17) is 4.74 Å². The Morgan fingerprint density at radius 2 is 2.15 bits per heavy atom. The van der Waals surface area contributed by atoms with Crippen LogP contribution in [-0.2, 0) is 14.6 Å². The Labute approximate surface area is 119 Å². The van der Waals surface area contributed by atoms with E-state index in [0.29, 0.717) is 18.7 Å². The molecule has 0 amide bonds. The van der Waals surface area contributed by atoms with Crippen molar-refractivity contribution in [3.63, 3.8) is 0 Å². The topological polar surface area (TPSA) is 75.6 Å². The van der Waals surface area contributed by atoms with Crippen molar-refractivity contribution >= 4 is 15.5 Å². The zero-order valence-electron chi connectivity index (χ0n) is 11.8. The molecule has 1 aliphatic heterocycles. The molecule has 0 spiro atoms. The van der Waals surface area contributed by atoms with Gasteiger partial charge in [0, 0.05) is 19.6 Å². The van der Waals surface area contributed by atoms with E-state index in [-0.39, 0.29) is 23.3 Å². The van der Waals surface area contributed by atoms with Crippen LogP contribution in [0.2, 0.25) is 0 Å². The summed E-state index contributed by atoms with van der Waals surface area (Å²) in [5.41, 5.74) is -0.426. The normalized spacial score (nSPS) is 26.6. The largest absolute Gasteiger partial charge is 0.385 e. The predicted octanol–water partition coefficient (Wildman–Crippen LogP) is 1.43. The lowest BCUT2D eigenvalue weighted by atomic mass is 9.96. The molecule has 1 aliphatic rings. The Balaban J connectivity index is 2.19. The standard InChI is InChI=1S/C14H21NO4S/c1-3-20(17,18)13-7-5-4-6-12(13)15-10-14(16)8-9-19-11(14)2/h4-7,11,15-16H,3,8-10H2,1-2H3. The van der Waals surface area contributed by atoms with Crippen molar-refractivity contribution in [2.45, 2.75) is 36.9 Å². The molecule has 1 fully saturated rings. The van der Waals surface area contributed by atoms with Gasteiger partial charge in [0.25, 0.3) is 0 Å². The van der Waals surface area contributed by atoms with E-state index in [1.807, 2.05) is 6.92 Å². The van der Waals surface area contributed by atoms with E-state index in [2.05, 4.69) is 5.32 Å². The minimum Gasteiger partial charge on any atom is -0.385 e. The number of benzene rings is 1. The molecule has 1 aromatic carbocycles. The SMILES string of the molecule is CCS(=O)(=O)c1ccccc1NCC1(O)CCOC1C. The maximum Gasteiger partial charge on any atom is 0.180 e. The van der Waals surface area contributed by atoms with Crippen LogP contribution in [0.4, 0.5) is 5.69 Å². The lowest BCUT2D eigenvalue weighted by molar-refractivity contribution is -0.0176. The minimum atomic E-state index is -3.28. The quantitative estimate of drug-likeness (QED) is 0.860. The van der Waals surface area contributed by atoms with Crippen LogP contribution in [0.15, 0.2) is 29.2 Å². The number of hydrogen-bond donors (Lipinski definition) is 2. The third kappa shape index (κ3) is 2.97. The summed E-state index contributed by atoms with van der Waals surface area (Å²) in [6, 6.07) is 6.77. The molecular weight excluding hydrogens is 278 g/mol. The van der Waals surface area contributed by atoms with Gasteiger partial charge in [0.1, 0.15) is 5.60 Å². The van der Waals surface area contributed by atoms with Gasteiger partial charge in [-0.1, -0.05) is 19.1 Å². The Kier molecular flexibility index (Phi) is 4.36. The van der Waals surface area contributed by atoms with Crippen molar-refractivity contribution in [1.29, 1.82) is 0 Å². The number of para-hydroxylation sites is 1. The summed E-state index contributed by atoms with van der Waals surface area (Å²) in [5, 5.41) is 13.5. The first-order valence-corrected chi connectivity index (χ1v) is 8.44. The molecule has 20 heavy (non-hydrogen) atoms. The second kappa shape index (κ2) is 5.71. The molecule has 1 heterocycles. The molecule has 2 unspecified atom stereocenters. The summed E-state index contributed by atoms with van der Waals surface area (Å²) < 4.78 is 29.4. The molecule has 1 aromatic rings. The highest BCUT2D eigenvalue weighted by Gasteiger charge is 2.39. The number of aliphatic hydroxyl groups is 1. The van der Waals surface area contributed by atoms with Gasteiger partial charge >= 0.3 is 0 Å². The summed E-state index contributed by atoms with van der Waals surface area (Å²) in [6.07, 6.45) is 0.286. The van der Waals surface area contributed by atoms with Gasteiger partial charge in [-0.3, -0.25) is 0 Å². The van der Waals surface area contributed by atoms with E-state index in [1.54, 1.807) is 31.2 Å². The second-order valence-corrected chi connectivity index (χ2v) is 7.37. The second-order valence-electron chi connectivity index (χ2n) is 5.12. The van der Waals surface area contributed by atoms with Crippen molar-refractivity contribution in [3.8, 4) is 0 Å². The zero-order chi connectivity index (χ0) is 14.8. The Morgan fingerprint density at radius 1 is 1.45 bits per heavy atom. The van der Waals surface area contributed by atoms with Crippen molar-refractivity contribution in [3.05, 3.63) is 24.3 Å². The van der Waals surface area contributed by atoms with E-state index >= 15 is 0 Å². The third-order valence-corrected chi connectivity index (χ3v) is 5.63. The molecular formula is C14H21NO4S. The lowest BCUT2D eigenvalue weighted by Crippen LogP contribution is -2.43. The lowest BCUT2D eigenvalue weighted by Gasteiger charge is -2.27. The fourth-order valence-electron chi connectivity index (χ4n) is 2.29. The van der Waals surface area contributed by atoms with Gasteiger partial charge in [-0.2, -0.15) is 0 Å². The molecule has 2 N–H and O–H groups in total. The van der Waals surface area contributed by atoms with Gasteiger partial charge in [0.2, 0.25) is 0 Å². The fraction of sp³-hybridized carbons (Fsp3) is 0.571. The number of sulfone groups is 1. The molecule has 0 saturated carbocycles. The average Bonchev–Trinajstić information content (AvgIpc) is 2.77. The number of nitrogens with one attached hydrogen (secondary N) is 1. The van der Waals surface area contributed by atoms with Crippen molar-refractivity contribution in [2.24, 2.45) is 0 Å². The Hall–Kier alpha value is -1.11. The van der Waals surface area contributed by atoms with Crippen molar-refractivity contribution in [2.75, 3.05) is 24.2 Å². The Morgan fingerprint density at radius 3 is 2.75 bits per heavy atom. The van der Waals surface area contributed by atoms with Gasteiger partial charge in [0.15, 0.2) is 9.84 Å². The minimum absolute atomic E-state index is 0.0511. The molecule has 112 valence electrons. The van der Waals surface area contributed by atoms with Crippen molar-refractivity contribution in [1.82, 2.24) is 0 Å². The van der Waals surface area contributed by atoms with E-state index < -0.39 is 15.4 Å². The van der Waals surface area contributed by atoms with Crippen molar-refractivity contribution < 1.29 is 18.3 Å². The molecule has 2 atom stereocenters. The van der Waals surface area contributed by atoms with Gasteiger partial charge < -0.3 is 15.2 Å². The van der Waals surface area contributed by atoms with Crippen LogP contribution in [0, 0.1) is 0 Å². The summed E-state index contributed by atoms with van der Waals surface area (Å²) in [7, 11) is -3.28. The molecule has 0 bridgehead atoms. The summed E-state index contributed by atoms with van der Waals surface area (Å²) in [5.74, 6) is 0.0511. The molecule has 0 aliphatic carbocycles. The van der Waals surface area contributed by atoms with E-state index in [0.717, 1.165) is 0 Å². The van der Waals surface area contributed by atoms with E-state index in [1.165, 1.54) is 0 Å². The third-order valence-electron chi connectivity index (χ3n) is 3.85. The molecule has 5 nitrogen and oxygen atoms in total. The molecule has 0 radical (unpaired) electrons. The maximum atomic E-state index is 12.0. The van der Waals surface area contributed by atoms with E-state index in [9.17, 15) is 13.5 Å². The van der Waals surface area contributed by atoms with Gasteiger partial charge in [0.05, 0.1) is 22.4 Å². The first-order valence-electron chi connectivity index (χ1n) is 6.79. The number of ether oxygens (including phenoxy) is 1. The van der Waals surface area contributed by atoms with Gasteiger partial charge in [-0.05, 0) is 19.1 Å². The zero-order valence-corrected chi connectivity index (χ0v) is 12.6. The smallest absolute Gasteiger partial charge is 0.180 e. The van der Waals surface area contributed by atoms with Gasteiger partial charge in [-0.15, -0.1) is 0 Å². The van der Waals surface area contributed by atoms with Crippen LogP contribution in [0.1, 0.15) is 20.3 Å². The molecule has 6 heteroatoms. The first kappa shape index (κ1) is 15.3. The first-order chi connectivity index (χ1) is 9.39. The van der Waals surface area contributed by atoms with Crippen LogP contribution in [0.5, 0.6) is 0 Å².